The summed E-state index contributed by atoms with van der Waals surface area (Å²) in [6, 6.07) is 2.03. The van der Waals surface area contributed by atoms with Gasteiger partial charge < -0.3 is 0 Å². The third kappa shape index (κ3) is 4.38. The van der Waals surface area contributed by atoms with E-state index in [-0.39, 0.29) is 0 Å². The average molecular weight is 297 g/mol. The van der Waals surface area contributed by atoms with E-state index in [9.17, 15) is 0 Å². The fraction of sp³-hybridized carbons (Fsp3) is 0.733. The lowest BCUT2D eigenvalue weighted by Gasteiger charge is -2.30. The number of hydrogen-bond donors (Lipinski definition) is 1. The predicted molar refractivity (Wildman–Crippen MR) is 86.2 cm³/mol. The molecular weight excluding hydrogens is 272 g/mol. The Labute approximate surface area is 126 Å². The maximum Gasteiger partial charge on any atom is 0.187 e. The van der Waals surface area contributed by atoms with Crippen molar-refractivity contribution in [3.05, 3.63) is 17.5 Å². The Bertz CT molecular complexity index is 392. The van der Waals surface area contributed by atoms with Crippen molar-refractivity contribution < 1.29 is 0 Å². The second-order valence-corrected chi connectivity index (χ2v) is 7.05. The molecule has 0 spiro atoms. The molecule has 0 radical (unpaired) electrons. The lowest BCUT2D eigenvalue weighted by Crippen LogP contribution is -2.25. The fourth-order valence-electron chi connectivity index (χ4n) is 2.80. The van der Waals surface area contributed by atoms with Gasteiger partial charge >= 0.3 is 0 Å². The summed E-state index contributed by atoms with van der Waals surface area (Å²) in [4.78, 5) is 9.07. The van der Waals surface area contributed by atoms with Crippen LogP contribution in [-0.2, 0) is 0 Å². The first kappa shape index (κ1) is 15.2. The van der Waals surface area contributed by atoms with Crippen LogP contribution in [0, 0.1) is 19.3 Å². The molecule has 0 N–H and O–H groups in total. The fourth-order valence-corrected chi connectivity index (χ4v) is 4.62. The van der Waals surface area contributed by atoms with Gasteiger partial charge in [0.1, 0.15) is 0 Å². The Morgan fingerprint density at radius 3 is 2.21 bits per heavy atom. The van der Waals surface area contributed by atoms with Gasteiger partial charge in [0.05, 0.1) is 0 Å². The van der Waals surface area contributed by atoms with Crippen LogP contribution in [0.1, 0.15) is 49.9 Å². The molecule has 1 aromatic heterocycles. The molecule has 1 saturated carbocycles. The second-order valence-electron chi connectivity index (χ2n) is 5.79. The number of hydrogen-bond acceptors (Lipinski definition) is 4. The zero-order valence-corrected chi connectivity index (χ0v) is 13.7. The quantitative estimate of drug-likeness (QED) is 0.384. The van der Waals surface area contributed by atoms with E-state index in [1.165, 1.54) is 38.5 Å². The lowest BCUT2D eigenvalue weighted by molar-refractivity contribution is 0.332. The molecule has 2 rings (SSSR count). The minimum atomic E-state index is 0.394. The van der Waals surface area contributed by atoms with Crippen molar-refractivity contribution in [3.8, 4) is 0 Å². The van der Waals surface area contributed by atoms with Crippen molar-refractivity contribution >= 4 is 24.4 Å². The van der Waals surface area contributed by atoms with E-state index in [2.05, 4.69) is 22.6 Å². The third-order valence-corrected chi connectivity index (χ3v) is 5.84. The molecule has 0 aromatic carbocycles. The van der Waals surface area contributed by atoms with Gasteiger partial charge in [-0.2, -0.15) is 12.6 Å². The Morgan fingerprint density at radius 2 is 1.68 bits per heavy atom. The molecule has 19 heavy (non-hydrogen) atoms. The minimum Gasteiger partial charge on any atom is -0.228 e. The summed E-state index contributed by atoms with van der Waals surface area (Å²) >= 11 is 6.45. The van der Waals surface area contributed by atoms with Gasteiger partial charge in [0.2, 0.25) is 0 Å². The first-order valence-corrected chi connectivity index (χ1v) is 8.81. The molecule has 1 aromatic rings. The van der Waals surface area contributed by atoms with Gasteiger partial charge in [-0.1, -0.05) is 37.4 Å². The summed E-state index contributed by atoms with van der Waals surface area (Å²) in [5.74, 6) is 2.10. The highest BCUT2D eigenvalue weighted by molar-refractivity contribution is 7.99. The highest BCUT2D eigenvalue weighted by Gasteiger charge is 2.30. The van der Waals surface area contributed by atoms with Crippen LogP contribution in [0.2, 0.25) is 0 Å². The zero-order valence-electron chi connectivity index (χ0n) is 12.0. The van der Waals surface area contributed by atoms with E-state index in [0.717, 1.165) is 28.0 Å². The maximum absolute atomic E-state index is 4.63. The van der Waals surface area contributed by atoms with Gasteiger partial charge in [0.15, 0.2) is 5.16 Å². The van der Waals surface area contributed by atoms with Crippen molar-refractivity contribution in [1.29, 1.82) is 0 Å². The predicted octanol–water partition coefficient (Wildman–Crippen LogP) is 4.46. The number of nitrogens with zero attached hydrogens (tertiary/aromatic N) is 2. The Morgan fingerprint density at radius 1 is 1.11 bits per heavy atom. The summed E-state index contributed by atoms with van der Waals surface area (Å²) in [6.07, 6.45) is 8.12. The lowest BCUT2D eigenvalue weighted by atomic mass is 9.84. The van der Waals surface area contributed by atoms with Gasteiger partial charge in [-0.25, -0.2) is 9.97 Å². The van der Waals surface area contributed by atoms with Crippen molar-refractivity contribution in [2.45, 2.75) is 57.5 Å². The third-order valence-electron chi connectivity index (χ3n) is 3.97. The van der Waals surface area contributed by atoms with Gasteiger partial charge in [0, 0.05) is 17.1 Å². The maximum atomic E-state index is 4.63. The van der Waals surface area contributed by atoms with E-state index >= 15 is 0 Å². The van der Waals surface area contributed by atoms with E-state index < -0.39 is 0 Å². The van der Waals surface area contributed by atoms with E-state index in [4.69, 9.17) is 0 Å². The molecule has 0 bridgehead atoms. The summed E-state index contributed by atoms with van der Waals surface area (Å²) in [5, 5.41) is 0.933. The number of rotatable bonds is 4. The molecule has 1 aliphatic rings. The van der Waals surface area contributed by atoms with Crippen molar-refractivity contribution in [3.63, 3.8) is 0 Å². The first-order chi connectivity index (χ1) is 9.13. The SMILES string of the molecule is Cc1cc(C)nc(SCC2(CS)CCCCCC2)n1. The van der Waals surface area contributed by atoms with Gasteiger partial charge in [-0.05, 0) is 43.9 Å². The first-order valence-electron chi connectivity index (χ1n) is 7.20. The molecule has 0 amide bonds. The molecule has 1 heterocycles. The molecule has 0 atom stereocenters. The van der Waals surface area contributed by atoms with Crippen LogP contribution in [0.3, 0.4) is 0 Å². The average Bonchev–Trinajstić information content (AvgIpc) is 2.61. The summed E-state index contributed by atoms with van der Waals surface area (Å²) in [7, 11) is 0. The molecule has 2 nitrogen and oxygen atoms in total. The van der Waals surface area contributed by atoms with Gasteiger partial charge in [-0.3, -0.25) is 0 Å². The summed E-state index contributed by atoms with van der Waals surface area (Å²) < 4.78 is 0. The number of aromatic nitrogens is 2. The van der Waals surface area contributed by atoms with Crippen molar-refractivity contribution in [2.24, 2.45) is 5.41 Å². The molecule has 0 aliphatic heterocycles. The van der Waals surface area contributed by atoms with Crippen LogP contribution in [0.25, 0.3) is 0 Å². The van der Waals surface area contributed by atoms with Gasteiger partial charge in [0.25, 0.3) is 0 Å². The second kappa shape index (κ2) is 6.98. The normalized spacial score (nSPS) is 19.1. The zero-order chi connectivity index (χ0) is 13.7. The number of thioether (sulfide) groups is 1. The molecule has 0 unspecified atom stereocenters. The molecule has 106 valence electrons. The van der Waals surface area contributed by atoms with Gasteiger partial charge in [-0.15, -0.1) is 0 Å². The van der Waals surface area contributed by atoms with Crippen LogP contribution in [-0.4, -0.2) is 21.5 Å². The van der Waals surface area contributed by atoms with Crippen LogP contribution < -0.4 is 0 Å². The van der Waals surface area contributed by atoms with E-state index in [1.807, 2.05) is 31.7 Å². The summed E-state index contributed by atoms with van der Waals surface area (Å²) in [6.45, 7) is 4.08. The number of thiol groups is 1. The standard InChI is InChI=1S/C15H24N2S2/c1-12-9-13(2)17-14(16-12)19-11-15(10-18)7-5-3-4-6-8-15/h9,18H,3-8,10-11H2,1-2H3. The highest BCUT2D eigenvalue weighted by atomic mass is 32.2. The molecular formula is C15H24N2S2. The van der Waals surface area contributed by atoms with Crippen LogP contribution in [0.4, 0.5) is 0 Å². The molecule has 1 aliphatic carbocycles. The Kier molecular flexibility index (Phi) is 5.58. The van der Waals surface area contributed by atoms with Crippen LogP contribution in [0.5, 0.6) is 0 Å². The van der Waals surface area contributed by atoms with E-state index in [0.29, 0.717) is 5.41 Å². The Balaban J connectivity index is 2.02. The van der Waals surface area contributed by atoms with Crippen LogP contribution >= 0.6 is 24.4 Å². The van der Waals surface area contributed by atoms with Crippen molar-refractivity contribution in [2.75, 3.05) is 11.5 Å². The monoisotopic (exact) mass is 296 g/mol. The Hall–Kier alpha value is -0.220. The highest BCUT2D eigenvalue weighted by Crippen LogP contribution is 2.39. The van der Waals surface area contributed by atoms with Crippen molar-refractivity contribution in [1.82, 2.24) is 9.97 Å². The number of aryl methyl sites for hydroxylation is 2. The molecule has 1 fully saturated rings. The summed E-state index contributed by atoms with van der Waals surface area (Å²) in [5.41, 5.74) is 2.53. The smallest absolute Gasteiger partial charge is 0.187 e. The minimum absolute atomic E-state index is 0.394. The molecule has 4 heteroatoms. The van der Waals surface area contributed by atoms with E-state index in [1.54, 1.807) is 0 Å². The van der Waals surface area contributed by atoms with Crippen LogP contribution in [0.15, 0.2) is 11.2 Å². The largest absolute Gasteiger partial charge is 0.228 e. The topological polar surface area (TPSA) is 25.8 Å². The molecule has 0 saturated heterocycles.